The van der Waals surface area contributed by atoms with Gasteiger partial charge in [0.15, 0.2) is 0 Å². The van der Waals surface area contributed by atoms with Gasteiger partial charge in [0.25, 0.3) is 0 Å². The summed E-state index contributed by atoms with van der Waals surface area (Å²) in [5, 5.41) is 0. The molecule has 124 valence electrons. The molecule has 0 amide bonds. The zero-order valence-electron chi connectivity index (χ0n) is 10.1. The van der Waals surface area contributed by atoms with Crippen molar-refractivity contribution in [3.63, 3.8) is 0 Å². The van der Waals surface area contributed by atoms with Gasteiger partial charge in [-0.05, 0) is 12.1 Å². The number of carbonyl (C=O) groups is 1. The molecule has 0 aliphatic carbocycles. The molecule has 0 saturated carbocycles. The molecule has 0 radical (unpaired) electrons. The quantitative estimate of drug-likeness (QED) is 0.457. The highest BCUT2D eigenvalue weighted by atomic mass is 19.4. The van der Waals surface area contributed by atoms with E-state index in [2.05, 4.69) is 4.74 Å². The highest BCUT2D eigenvalue weighted by molar-refractivity contribution is 5.82. The Balaban J connectivity index is 3.47. The monoisotopic (exact) mass is 340 g/mol. The van der Waals surface area contributed by atoms with Gasteiger partial charge in [-0.25, -0.2) is 4.79 Å². The Bertz CT molecular complexity index is 491. The molecule has 22 heavy (non-hydrogen) atoms. The van der Waals surface area contributed by atoms with Crippen molar-refractivity contribution in [1.29, 1.82) is 0 Å². The maximum absolute atomic E-state index is 12.6. The summed E-state index contributed by atoms with van der Waals surface area (Å²) in [6.45, 7) is 0. The molecule has 0 heterocycles. The molecule has 0 aliphatic rings. The molecule has 0 spiro atoms. The molecule has 0 saturated heterocycles. The van der Waals surface area contributed by atoms with Crippen LogP contribution in [0.3, 0.4) is 0 Å². The van der Waals surface area contributed by atoms with Crippen LogP contribution >= 0.6 is 0 Å². The molecular formula is C11H5F9O2. The molecule has 1 aromatic rings. The summed E-state index contributed by atoms with van der Waals surface area (Å²) in [7, 11) is 0. The normalized spacial score (nSPS) is 13.9. The number of benzene rings is 1. The molecule has 0 N–H and O–H groups in total. The van der Waals surface area contributed by atoms with E-state index >= 15 is 0 Å². The average Bonchev–Trinajstić information content (AvgIpc) is 2.24. The topological polar surface area (TPSA) is 26.3 Å². The highest BCUT2D eigenvalue weighted by Crippen LogP contribution is 2.59. The van der Waals surface area contributed by atoms with Gasteiger partial charge in [-0.15, -0.1) is 0 Å². The first-order valence-electron chi connectivity index (χ1n) is 5.22. The van der Waals surface area contributed by atoms with E-state index < -0.39 is 35.7 Å². The van der Waals surface area contributed by atoms with Gasteiger partial charge in [0.1, 0.15) is 5.75 Å². The lowest BCUT2D eigenvalue weighted by atomic mass is 9.85. The van der Waals surface area contributed by atoms with Crippen molar-refractivity contribution in [3.05, 3.63) is 30.3 Å². The molecular weight excluding hydrogens is 335 g/mol. The van der Waals surface area contributed by atoms with Crippen molar-refractivity contribution in [2.75, 3.05) is 0 Å². The predicted molar refractivity (Wildman–Crippen MR) is 52.7 cm³/mol. The lowest BCUT2D eigenvalue weighted by Crippen LogP contribution is -2.65. The first-order chi connectivity index (χ1) is 9.75. The third kappa shape index (κ3) is 2.83. The second kappa shape index (κ2) is 5.36. The summed E-state index contributed by atoms with van der Waals surface area (Å²) in [5.41, 5.74) is -6.64. The summed E-state index contributed by atoms with van der Waals surface area (Å²) in [4.78, 5) is 11.2. The summed E-state index contributed by atoms with van der Waals surface area (Å²) in [5.74, 6) is -4.42. The molecule has 0 atom stereocenters. The number of carbonyl (C=O) groups excluding carboxylic acids is 1. The van der Waals surface area contributed by atoms with Crippen molar-refractivity contribution in [1.82, 2.24) is 0 Å². The van der Waals surface area contributed by atoms with Crippen LogP contribution in [0.25, 0.3) is 0 Å². The predicted octanol–water partition coefficient (Wildman–Crippen LogP) is 4.27. The van der Waals surface area contributed by atoms with E-state index in [4.69, 9.17) is 0 Å². The number of halogens is 9. The fourth-order valence-electron chi connectivity index (χ4n) is 1.50. The number of alkyl halides is 9. The average molecular weight is 340 g/mol. The molecule has 0 aromatic heterocycles. The van der Waals surface area contributed by atoms with Crippen molar-refractivity contribution in [3.8, 4) is 5.75 Å². The molecule has 0 bridgehead atoms. The van der Waals surface area contributed by atoms with Gasteiger partial charge in [0.05, 0.1) is 0 Å². The Morgan fingerprint density at radius 3 is 1.41 bits per heavy atom. The maximum Gasteiger partial charge on any atom is 0.423 e. The summed E-state index contributed by atoms with van der Waals surface area (Å²) in [6, 6.07) is 4.79. The van der Waals surface area contributed by atoms with Gasteiger partial charge >= 0.3 is 29.9 Å². The summed E-state index contributed by atoms with van der Waals surface area (Å²) in [6.07, 6.45) is -21.0. The number of rotatable bonds is 2. The lowest BCUT2D eigenvalue weighted by molar-refractivity contribution is -0.410. The van der Waals surface area contributed by atoms with E-state index in [9.17, 15) is 44.3 Å². The Labute approximate surface area is 116 Å². The molecule has 11 heteroatoms. The molecule has 1 aromatic carbocycles. The summed E-state index contributed by atoms with van der Waals surface area (Å²) < 4.78 is 117. The minimum absolute atomic E-state index is 0.728. The number of para-hydroxylation sites is 1. The van der Waals surface area contributed by atoms with Crippen LogP contribution in [0.5, 0.6) is 5.75 Å². The number of hydrogen-bond acceptors (Lipinski definition) is 2. The van der Waals surface area contributed by atoms with Crippen LogP contribution < -0.4 is 4.74 Å². The summed E-state index contributed by atoms with van der Waals surface area (Å²) >= 11 is 0. The number of esters is 1. The number of ether oxygens (including phenoxy) is 1. The zero-order chi connectivity index (χ0) is 17.4. The molecule has 0 aliphatic heterocycles. The van der Waals surface area contributed by atoms with E-state index in [1.165, 1.54) is 6.07 Å². The molecule has 0 fully saturated rings. The van der Waals surface area contributed by atoms with Crippen molar-refractivity contribution in [2.45, 2.75) is 18.5 Å². The molecule has 2 nitrogen and oxygen atoms in total. The van der Waals surface area contributed by atoms with E-state index in [1.54, 1.807) is 0 Å². The van der Waals surface area contributed by atoms with Crippen molar-refractivity contribution < 1.29 is 49.0 Å². The van der Waals surface area contributed by atoms with Gasteiger partial charge in [-0.2, -0.15) is 39.5 Å². The first kappa shape index (κ1) is 18.1. The number of hydrogen-bond donors (Lipinski definition) is 0. The lowest BCUT2D eigenvalue weighted by Gasteiger charge is -2.35. The van der Waals surface area contributed by atoms with Gasteiger partial charge in [0.2, 0.25) is 0 Å². The Morgan fingerprint density at radius 2 is 1.09 bits per heavy atom. The van der Waals surface area contributed by atoms with Crippen LogP contribution in [0.1, 0.15) is 0 Å². The first-order valence-corrected chi connectivity index (χ1v) is 5.22. The minimum atomic E-state index is -6.99. The van der Waals surface area contributed by atoms with E-state index in [1.807, 2.05) is 0 Å². The van der Waals surface area contributed by atoms with Gasteiger partial charge < -0.3 is 4.74 Å². The Hall–Kier alpha value is -1.94. The largest absolute Gasteiger partial charge is 0.425 e. The zero-order valence-corrected chi connectivity index (χ0v) is 10.1. The van der Waals surface area contributed by atoms with Gasteiger partial charge in [-0.1, -0.05) is 18.2 Å². The minimum Gasteiger partial charge on any atom is -0.425 e. The van der Waals surface area contributed by atoms with Crippen LogP contribution in [-0.2, 0) is 4.79 Å². The fraction of sp³-hybridized carbons (Fsp3) is 0.364. The van der Waals surface area contributed by atoms with Gasteiger partial charge in [-0.3, -0.25) is 0 Å². The fourth-order valence-corrected chi connectivity index (χ4v) is 1.50. The Morgan fingerprint density at radius 1 is 0.727 bits per heavy atom. The van der Waals surface area contributed by atoms with Gasteiger partial charge in [0, 0.05) is 0 Å². The Kier molecular flexibility index (Phi) is 4.41. The standard InChI is InChI=1S/C11H5F9O2/c12-9(13,14)8(10(15,16)17,11(18,19)20)7(21)22-6-4-2-1-3-5-6/h1-5H. The van der Waals surface area contributed by atoms with Crippen LogP contribution in [0.2, 0.25) is 0 Å². The van der Waals surface area contributed by atoms with Crippen LogP contribution in [0.4, 0.5) is 39.5 Å². The second-order valence-corrected chi connectivity index (χ2v) is 3.95. The van der Waals surface area contributed by atoms with E-state index in [-0.39, 0.29) is 0 Å². The third-order valence-corrected chi connectivity index (χ3v) is 2.54. The molecule has 1 rings (SSSR count). The van der Waals surface area contributed by atoms with Crippen LogP contribution in [-0.4, -0.2) is 24.5 Å². The SMILES string of the molecule is O=C(Oc1ccccc1)C(C(F)(F)F)(C(F)(F)F)C(F)(F)F. The van der Waals surface area contributed by atoms with Crippen LogP contribution in [0, 0.1) is 5.41 Å². The van der Waals surface area contributed by atoms with Crippen LogP contribution in [0.15, 0.2) is 30.3 Å². The second-order valence-electron chi connectivity index (χ2n) is 3.95. The molecule has 0 unspecified atom stereocenters. The van der Waals surface area contributed by atoms with E-state index in [0.717, 1.165) is 24.3 Å². The van der Waals surface area contributed by atoms with E-state index in [0.29, 0.717) is 0 Å². The smallest absolute Gasteiger partial charge is 0.423 e. The van der Waals surface area contributed by atoms with Crippen molar-refractivity contribution >= 4 is 5.97 Å². The highest BCUT2D eigenvalue weighted by Gasteiger charge is 2.89. The van der Waals surface area contributed by atoms with Crippen molar-refractivity contribution in [2.24, 2.45) is 5.41 Å². The maximum atomic E-state index is 12.6. The third-order valence-electron chi connectivity index (χ3n) is 2.54.